The topological polar surface area (TPSA) is 34.1 Å². The maximum atomic E-state index is 15.3. The molecule has 0 amide bonds. The molecule has 0 N–H and O–H groups in total. The number of fused-ring (bicyclic) bond motifs is 5. The molecule has 0 radical (unpaired) electrons. The summed E-state index contributed by atoms with van der Waals surface area (Å²) in [5, 5.41) is 0.569. The molecule has 26 heavy (non-hydrogen) atoms. The van der Waals surface area contributed by atoms with Gasteiger partial charge in [-0.2, -0.15) is 0 Å². The van der Waals surface area contributed by atoms with Gasteiger partial charge in [0.2, 0.25) is 5.78 Å². The van der Waals surface area contributed by atoms with Crippen LogP contribution in [0.5, 0.6) is 0 Å². The highest BCUT2D eigenvalue weighted by Gasteiger charge is 2.65. The quantitative estimate of drug-likeness (QED) is 0.378. The maximum absolute atomic E-state index is 15.3. The van der Waals surface area contributed by atoms with Gasteiger partial charge in [-0.3, -0.25) is 9.59 Å². The predicted molar refractivity (Wildman–Crippen MR) is 111 cm³/mol. The van der Waals surface area contributed by atoms with Crippen LogP contribution in [0.15, 0.2) is 11.4 Å². The predicted octanol–water partition coefficient (Wildman–Crippen LogP) is 5.90. The third kappa shape index (κ3) is 2.43. The number of ketones is 2. The van der Waals surface area contributed by atoms with Crippen LogP contribution in [0.3, 0.4) is 0 Å². The molecule has 6 heteroatoms. The van der Waals surface area contributed by atoms with Crippen molar-refractivity contribution in [3.05, 3.63) is 11.4 Å². The van der Waals surface area contributed by atoms with Crippen LogP contribution in [-0.4, -0.2) is 26.0 Å². The van der Waals surface area contributed by atoms with E-state index in [2.05, 4.69) is 61.6 Å². The summed E-state index contributed by atoms with van der Waals surface area (Å²) in [7, 11) is 0. The van der Waals surface area contributed by atoms with E-state index in [0.717, 1.165) is 25.7 Å². The molecule has 7 atom stereocenters. The van der Waals surface area contributed by atoms with Gasteiger partial charge in [-0.05, 0) is 60.8 Å². The Bertz CT molecular complexity index is 722. The van der Waals surface area contributed by atoms with Crippen LogP contribution in [0.25, 0.3) is 0 Å². The SMILES string of the molecule is C[C@]12CC(Br)C(=O)C(F)=C1C(Br)(CBr)C[C@@H]1[C@@H]2CC[C@]2(C)C(=O)CC[C@@H]12. The third-order valence-corrected chi connectivity index (χ3v) is 11.5. The minimum absolute atomic E-state index is 0.212. The summed E-state index contributed by atoms with van der Waals surface area (Å²) in [6.45, 7) is 4.30. The first-order valence-electron chi connectivity index (χ1n) is 9.46. The van der Waals surface area contributed by atoms with E-state index in [9.17, 15) is 9.59 Å². The Morgan fingerprint density at radius 2 is 1.77 bits per heavy atom. The number of alkyl halides is 3. The minimum Gasteiger partial charge on any atom is -0.299 e. The first-order valence-corrected chi connectivity index (χ1v) is 12.3. The first-order chi connectivity index (χ1) is 12.1. The van der Waals surface area contributed by atoms with Crippen molar-refractivity contribution >= 4 is 59.4 Å². The molecule has 2 unspecified atom stereocenters. The molecule has 0 saturated heterocycles. The third-order valence-electron chi connectivity index (χ3n) is 8.08. The van der Waals surface area contributed by atoms with Crippen molar-refractivity contribution in [2.24, 2.45) is 28.6 Å². The van der Waals surface area contributed by atoms with Crippen molar-refractivity contribution in [3.63, 3.8) is 0 Å². The van der Waals surface area contributed by atoms with Crippen molar-refractivity contribution in [1.29, 1.82) is 0 Å². The zero-order chi connectivity index (χ0) is 19.1. The van der Waals surface area contributed by atoms with Crippen molar-refractivity contribution in [3.8, 4) is 0 Å². The van der Waals surface area contributed by atoms with Crippen molar-refractivity contribution < 1.29 is 14.0 Å². The lowest BCUT2D eigenvalue weighted by molar-refractivity contribution is -0.133. The van der Waals surface area contributed by atoms with Crippen LogP contribution in [0.2, 0.25) is 0 Å². The number of halogens is 4. The van der Waals surface area contributed by atoms with Gasteiger partial charge < -0.3 is 0 Å². The zero-order valence-electron chi connectivity index (χ0n) is 15.1. The number of carbonyl (C=O) groups is 2. The molecule has 3 saturated carbocycles. The first kappa shape index (κ1) is 19.8. The van der Waals surface area contributed by atoms with Gasteiger partial charge in [-0.15, -0.1) is 0 Å². The fourth-order valence-corrected chi connectivity index (χ4v) is 9.24. The van der Waals surface area contributed by atoms with Crippen LogP contribution in [0.4, 0.5) is 4.39 Å². The summed E-state index contributed by atoms with van der Waals surface area (Å²) < 4.78 is 14.7. The second-order valence-corrected chi connectivity index (χ2v) is 12.4. The maximum Gasteiger partial charge on any atom is 0.204 e. The molecule has 0 heterocycles. The van der Waals surface area contributed by atoms with Gasteiger partial charge in [0.15, 0.2) is 5.83 Å². The van der Waals surface area contributed by atoms with Gasteiger partial charge in [-0.1, -0.05) is 61.6 Å². The molecule has 0 aromatic rings. The molecule has 0 aliphatic heterocycles. The van der Waals surface area contributed by atoms with E-state index in [0.29, 0.717) is 47.3 Å². The Hall–Kier alpha value is 0.450. The van der Waals surface area contributed by atoms with Gasteiger partial charge in [0.25, 0.3) is 0 Å². The van der Waals surface area contributed by atoms with E-state index in [4.69, 9.17) is 0 Å². The van der Waals surface area contributed by atoms with Crippen LogP contribution < -0.4 is 0 Å². The summed E-state index contributed by atoms with van der Waals surface area (Å²) in [6.07, 6.45) is 4.89. The molecule has 4 aliphatic carbocycles. The average molecular weight is 555 g/mol. The number of hydrogen-bond donors (Lipinski definition) is 0. The lowest BCUT2D eigenvalue weighted by Crippen LogP contribution is -2.58. The fraction of sp³-hybridized carbons (Fsp3) is 0.800. The second kappa shape index (κ2) is 6.22. The van der Waals surface area contributed by atoms with Crippen LogP contribution in [0, 0.1) is 28.6 Å². The second-order valence-electron chi connectivity index (χ2n) is 9.24. The highest BCUT2D eigenvalue weighted by Crippen LogP contribution is 2.68. The summed E-state index contributed by atoms with van der Waals surface area (Å²) in [5.41, 5.74) is 0.0894. The van der Waals surface area contributed by atoms with Crippen molar-refractivity contribution in [2.45, 2.75) is 61.5 Å². The summed E-state index contributed by atoms with van der Waals surface area (Å²) in [4.78, 5) is 24.5. The lowest BCUT2D eigenvalue weighted by Gasteiger charge is -2.61. The van der Waals surface area contributed by atoms with Gasteiger partial charge in [0.1, 0.15) is 5.78 Å². The molecule has 2 nitrogen and oxygen atoms in total. The Balaban J connectivity index is 1.86. The lowest BCUT2D eigenvalue weighted by atomic mass is 9.45. The molecule has 3 fully saturated rings. The largest absolute Gasteiger partial charge is 0.299 e. The molecule has 4 aliphatic rings. The van der Waals surface area contributed by atoms with E-state index in [1.165, 1.54) is 0 Å². The minimum atomic E-state index is -0.556. The number of hydrogen-bond acceptors (Lipinski definition) is 2. The molecule has 144 valence electrons. The molecule has 0 bridgehead atoms. The van der Waals surface area contributed by atoms with Crippen LogP contribution in [-0.2, 0) is 9.59 Å². The number of carbonyl (C=O) groups excluding carboxylic acids is 2. The van der Waals surface area contributed by atoms with Gasteiger partial charge in [0, 0.05) is 17.2 Å². The van der Waals surface area contributed by atoms with Gasteiger partial charge >= 0.3 is 0 Å². The Morgan fingerprint density at radius 3 is 2.42 bits per heavy atom. The molecular weight excluding hydrogens is 531 g/mol. The fourth-order valence-electron chi connectivity index (χ4n) is 6.86. The zero-order valence-corrected chi connectivity index (χ0v) is 19.8. The van der Waals surface area contributed by atoms with Gasteiger partial charge in [-0.25, -0.2) is 4.39 Å². The van der Waals surface area contributed by atoms with Crippen molar-refractivity contribution in [2.75, 3.05) is 5.33 Å². The summed E-state index contributed by atoms with van der Waals surface area (Å²) in [6, 6.07) is 0. The average Bonchev–Trinajstić information content (AvgIpc) is 2.88. The summed E-state index contributed by atoms with van der Waals surface area (Å²) >= 11 is 10.9. The molecule has 0 spiro atoms. The number of allylic oxidation sites excluding steroid dienone is 1. The molecule has 0 aromatic carbocycles. The van der Waals surface area contributed by atoms with Crippen LogP contribution in [0.1, 0.15) is 52.4 Å². The van der Waals surface area contributed by atoms with Crippen LogP contribution >= 0.6 is 47.8 Å². The Kier molecular flexibility index (Phi) is 4.73. The van der Waals surface area contributed by atoms with E-state index in [1.807, 2.05) is 0 Å². The molecule has 4 rings (SSSR count). The molecular formula is C20H24Br3FO2. The molecule has 0 aromatic heterocycles. The smallest absolute Gasteiger partial charge is 0.204 e. The number of rotatable bonds is 1. The normalized spacial score (nSPS) is 51.2. The standard InChI is InChI=1S/C20H24Br3FO2/c1-18-6-5-12-10(11(18)3-4-14(18)25)7-20(23,9-21)17-15(24)16(26)13(22)8-19(12,17)2/h10-13H,3-9H2,1-2H3/t10-,11-,12-,13?,18-,19+,20?/m0/s1. The summed E-state index contributed by atoms with van der Waals surface area (Å²) in [5.74, 6) is 0.521. The number of Topliss-reactive ketones (excluding diaryl/α,β-unsaturated/α-hetero) is 2. The highest BCUT2D eigenvalue weighted by atomic mass is 79.9. The van der Waals surface area contributed by atoms with Crippen molar-refractivity contribution in [1.82, 2.24) is 0 Å². The Labute approximate surface area is 179 Å². The monoisotopic (exact) mass is 552 g/mol. The van der Waals surface area contributed by atoms with E-state index in [1.54, 1.807) is 0 Å². The van der Waals surface area contributed by atoms with E-state index in [-0.39, 0.29) is 10.8 Å². The van der Waals surface area contributed by atoms with Gasteiger partial charge in [0.05, 0.1) is 9.15 Å². The van der Waals surface area contributed by atoms with E-state index >= 15 is 4.39 Å². The Morgan fingerprint density at radius 1 is 1.12 bits per heavy atom. The van der Waals surface area contributed by atoms with E-state index < -0.39 is 20.8 Å². The highest BCUT2D eigenvalue weighted by molar-refractivity contribution is 9.12.